The number of aliphatic carboxylic acids is 1. The second-order valence-corrected chi connectivity index (χ2v) is 3.04. The first-order valence-corrected chi connectivity index (χ1v) is 4.74. The molecule has 1 aromatic rings. The molecule has 0 spiro atoms. The lowest BCUT2D eigenvalue weighted by molar-refractivity contribution is -0.305. The van der Waals surface area contributed by atoms with E-state index in [0.717, 1.165) is 12.2 Å². The molecule has 3 nitrogen and oxygen atoms in total. The molecule has 0 bridgehead atoms. The number of rotatable bonds is 5. The van der Waals surface area contributed by atoms with Crippen LogP contribution >= 0.6 is 0 Å². The highest BCUT2D eigenvalue weighted by atomic mass is 16.4. The summed E-state index contributed by atoms with van der Waals surface area (Å²) in [6.07, 6.45) is 0.0722. The van der Waals surface area contributed by atoms with Crippen LogP contribution in [0.25, 0.3) is 0 Å². The van der Waals surface area contributed by atoms with Crippen molar-refractivity contribution in [1.29, 1.82) is 0 Å². The summed E-state index contributed by atoms with van der Waals surface area (Å²) in [5.74, 6) is -1.00. The molecule has 0 amide bonds. The van der Waals surface area contributed by atoms with Crippen LogP contribution in [0.1, 0.15) is 13.3 Å². The zero-order valence-corrected chi connectivity index (χ0v) is 8.27. The molecule has 0 saturated heterocycles. The van der Waals surface area contributed by atoms with Gasteiger partial charge in [0.1, 0.15) is 0 Å². The molecule has 0 radical (unpaired) electrons. The van der Waals surface area contributed by atoms with E-state index in [2.05, 4.69) is 0 Å². The first-order chi connectivity index (χ1) is 6.74. The SMILES string of the molecule is CCN(CCC(=O)[O-])c1ccccc1. The van der Waals surface area contributed by atoms with Crippen LogP contribution in [0.3, 0.4) is 0 Å². The van der Waals surface area contributed by atoms with Crippen molar-refractivity contribution in [2.45, 2.75) is 13.3 Å². The number of carboxylic acids is 1. The molecule has 0 unspecified atom stereocenters. The molecule has 0 aliphatic carbocycles. The maximum Gasteiger partial charge on any atom is 0.0431 e. The number of hydrogen-bond acceptors (Lipinski definition) is 3. The summed E-state index contributed by atoms with van der Waals surface area (Å²) < 4.78 is 0. The summed E-state index contributed by atoms with van der Waals surface area (Å²) in [5.41, 5.74) is 1.05. The maximum atomic E-state index is 10.3. The Morgan fingerprint density at radius 3 is 2.50 bits per heavy atom. The molecule has 76 valence electrons. The van der Waals surface area contributed by atoms with Gasteiger partial charge in [0, 0.05) is 31.2 Å². The summed E-state index contributed by atoms with van der Waals surface area (Å²) in [5, 5.41) is 10.3. The van der Waals surface area contributed by atoms with Gasteiger partial charge in [-0.3, -0.25) is 0 Å². The van der Waals surface area contributed by atoms with E-state index in [1.807, 2.05) is 42.2 Å². The lowest BCUT2D eigenvalue weighted by atomic mass is 10.2. The van der Waals surface area contributed by atoms with Crippen LogP contribution in [-0.4, -0.2) is 19.1 Å². The minimum Gasteiger partial charge on any atom is -0.550 e. The molecule has 0 aliphatic rings. The van der Waals surface area contributed by atoms with Gasteiger partial charge in [0.2, 0.25) is 0 Å². The summed E-state index contributed by atoms with van der Waals surface area (Å²) in [6.45, 7) is 3.31. The molecule has 0 N–H and O–H groups in total. The van der Waals surface area contributed by atoms with Crippen LogP contribution in [0.4, 0.5) is 5.69 Å². The molecule has 0 aliphatic heterocycles. The van der Waals surface area contributed by atoms with Crippen molar-refractivity contribution in [2.24, 2.45) is 0 Å². The van der Waals surface area contributed by atoms with Crippen molar-refractivity contribution in [1.82, 2.24) is 0 Å². The van der Waals surface area contributed by atoms with Gasteiger partial charge in [0.25, 0.3) is 0 Å². The third-order valence-electron chi connectivity index (χ3n) is 2.09. The van der Waals surface area contributed by atoms with Gasteiger partial charge >= 0.3 is 0 Å². The Labute approximate surface area is 84.0 Å². The fourth-order valence-electron chi connectivity index (χ4n) is 1.33. The Balaban J connectivity index is 2.58. The third kappa shape index (κ3) is 3.09. The number of para-hydroxylation sites is 1. The molecule has 0 aromatic heterocycles. The van der Waals surface area contributed by atoms with E-state index in [1.165, 1.54) is 0 Å². The second-order valence-electron chi connectivity index (χ2n) is 3.04. The lowest BCUT2D eigenvalue weighted by Gasteiger charge is -2.23. The highest BCUT2D eigenvalue weighted by Gasteiger charge is 2.02. The van der Waals surface area contributed by atoms with Crippen LogP contribution in [0.2, 0.25) is 0 Å². The average Bonchev–Trinajstić information content (AvgIpc) is 2.20. The Bertz CT molecular complexity index is 285. The molecule has 1 aromatic carbocycles. The van der Waals surface area contributed by atoms with Crippen LogP contribution in [0.15, 0.2) is 30.3 Å². The zero-order chi connectivity index (χ0) is 10.4. The van der Waals surface area contributed by atoms with E-state index in [-0.39, 0.29) is 6.42 Å². The van der Waals surface area contributed by atoms with Gasteiger partial charge in [0.05, 0.1) is 0 Å². The van der Waals surface area contributed by atoms with Crippen LogP contribution in [0.5, 0.6) is 0 Å². The Kier molecular flexibility index (Phi) is 3.98. The van der Waals surface area contributed by atoms with Crippen molar-refractivity contribution >= 4 is 11.7 Å². The molecule has 0 atom stereocenters. The summed E-state index contributed by atoms with van der Waals surface area (Å²) >= 11 is 0. The van der Waals surface area contributed by atoms with Crippen molar-refractivity contribution in [3.05, 3.63) is 30.3 Å². The second kappa shape index (κ2) is 5.27. The van der Waals surface area contributed by atoms with E-state index in [4.69, 9.17) is 0 Å². The quantitative estimate of drug-likeness (QED) is 0.688. The maximum absolute atomic E-state index is 10.3. The number of carboxylic acid groups (broad SMARTS) is 1. The smallest absolute Gasteiger partial charge is 0.0431 e. The van der Waals surface area contributed by atoms with Crippen LogP contribution in [0, 0.1) is 0 Å². The molecule has 0 fully saturated rings. The molecule has 14 heavy (non-hydrogen) atoms. The summed E-state index contributed by atoms with van der Waals surface area (Å²) in [7, 11) is 0. The molecule has 3 heteroatoms. The fraction of sp³-hybridized carbons (Fsp3) is 0.364. The molecular formula is C11H14NO2-. The number of carbonyl (C=O) groups excluding carboxylic acids is 1. The number of benzene rings is 1. The fourth-order valence-corrected chi connectivity index (χ4v) is 1.33. The number of anilines is 1. The number of carbonyl (C=O) groups is 1. The van der Waals surface area contributed by atoms with Crippen molar-refractivity contribution < 1.29 is 9.90 Å². The lowest BCUT2D eigenvalue weighted by Crippen LogP contribution is -2.31. The topological polar surface area (TPSA) is 43.4 Å². The number of nitrogens with zero attached hydrogens (tertiary/aromatic N) is 1. The normalized spacial score (nSPS) is 9.79. The third-order valence-corrected chi connectivity index (χ3v) is 2.09. The Hall–Kier alpha value is -1.51. The van der Waals surface area contributed by atoms with Gasteiger partial charge in [-0.15, -0.1) is 0 Å². The minimum absolute atomic E-state index is 0.0722. The summed E-state index contributed by atoms with van der Waals surface area (Å²) in [6, 6.07) is 9.77. The van der Waals surface area contributed by atoms with Gasteiger partial charge in [-0.1, -0.05) is 18.2 Å². The van der Waals surface area contributed by atoms with Gasteiger partial charge in [-0.25, -0.2) is 0 Å². The minimum atomic E-state index is -1.00. The van der Waals surface area contributed by atoms with Gasteiger partial charge in [-0.05, 0) is 19.1 Å². The van der Waals surface area contributed by atoms with Crippen molar-refractivity contribution in [2.75, 3.05) is 18.0 Å². The molecule has 0 saturated carbocycles. The predicted octanol–water partition coefficient (Wildman–Crippen LogP) is 0.653. The first kappa shape index (κ1) is 10.6. The molecule has 1 rings (SSSR count). The van der Waals surface area contributed by atoms with E-state index >= 15 is 0 Å². The van der Waals surface area contributed by atoms with E-state index in [1.54, 1.807) is 0 Å². The van der Waals surface area contributed by atoms with Crippen molar-refractivity contribution in [3.8, 4) is 0 Å². The standard InChI is InChI=1S/C11H15NO2/c1-2-12(9-8-11(13)14)10-6-4-3-5-7-10/h3-7H,2,8-9H2,1H3,(H,13,14)/p-1. The molecule has 0 heterocycles. The first-order valence-electron chi connectivity index (χ1n) is 4.74. The largest absolute Gasteiger partial charge is 0.550 e. The Morgan fingerprint density at radius 2 is 2.00 bits per heavy atom. The average molecular weight is 192 g/mol. The van der Waals surface area contributed by atoms with Gasteiger partial charge in [0.15, 0.2) is 0 Å². The summed E-state index contributed by atoms with van der Waals surface area (Å²) in [4.78, 5) is 12.3. The van der Waals surface area contributed by atoms with Gasteiger partial charge in [-0.2, -0.15) is 0 Å². The zero-order valence-electron chi connectivity index (χ0n) is 8.27. The van der Waals surface area contributed by atoms with E-state index < -0.39 is 5.97 Å². The van der Waals surface area contributed by atoms with Crippen LogP contribution < -0.4 is 10.0 Å². The highest BCUT2D eigenvalue weighted by Crippen LogP contribution is 2.12. The predicted molar refractivity (Wildman–Crippen MR) is 54.0 cm³/mol. The highest BCUT2D eigenvalue weighted by molar-refractivity contribution is 5.65. The monoisotopic (exact) mass is 192 g/mol. The molecular weight excluding hydrogens is 178 g/mol. The van der Waals surface area contributed by atoms with E-state index in [0.29, 0.717) is 6.54 Å². The van der Waals surface area contributed by atoms with Crippen molar-refractivity contribution in [3.63, 3.8) is 0 Å². The number of hydrogen-bond donors (Lipinski definition) is 0. The van der Waals surface area contributed by atoms with Gasteiger partial charge < -0.3 is 14.8 Å². The van der Waals surface area contributed by atoms with Crippen LogP contribution in [-0.2, 0) is 4.79 Å². The Morgan fingerprint density at radius 1 is 1.36 bits per heavy atom. The van der Waals surface area contributed by atoms with E-state index in [9.17, 15) is 9.90 Å².